The molecule has 0 aliphatic heterocycles. The van der Waals surface area contributed by atoms with E-state index < -0.39 is 0 Å². The van der Waals surface area contributed by atoms with Crippen molar-refractivity contribution in [3.05, 3.63) is 94.8 Å². The summed E-state index contributed by atoms with van der Waals surface area (Å²) in [6, 6.07) is 23.9. The van der Waals surface area contributed by atoms with Gasteiger partial charge in [-0.3, -0.25) is 4.79 Å². The number of aryl methyl sites for hydroxylation is 3. The highest BCUT2D eigenvalue weighted by Crippen LogP contribution is 2.22. The van der Waals surface area contributed by atoms with Gasteiger partial charge in [-0.15, -0.1) is 0 Å². The van der Waals surface area contributed by atoms with Crippen LogP contribution in [0.2, 0.25) is 5.02 Å². The Morgan fingerprint density at radius 2 is 1.82 bits per heavy atom. The lowest BCUT2D eigenvalue weighted by Gasteiger charge is -2.12. The monoisotopic (exact) mass is 475 g/mol. The Labute approximate surface area is 205 Å². The first kappa shape index (κ1) is 23.8. The Kier molecular flexibility index (Phi) is 8.21. The quantitative estimate of drug-likeness (QED) is 0.281. The zero-order chi connectivity index (χ0) is 23.8. The average molecular weight is 476 g/mol. The van der Waals surface area contributed by atoms with Gasteiger partial charge < -0.3 is 14.6 Å². The van der Waals surface area contributed by atoms with Crippen LogP contribution >= 0.6 is 11.6 Å². The number of amides is 1. The topological polar surface area (TPSA) is 56.1 Å². The van der Waals surface area contributed by atoms with E-state index in [0.717, 1.165) is 52.5 Å². The van der Waals surface area contributed by atoms with Crippen LogP contribution in [0.1, 0.15) is 29.8 Å². The molecule has 0 aliphatic carbocycles. The first-order valence-corrected chi connectivity index (χ1v) is 12.1. The number of ether oxygens (including phenoxy) is 1. The molecular weight excluding hydrogens is 446 g/mol. The molecule has 176 valence electrons. The molecule has 0 bridgehead atoms. The van der Waals surface area contributed by atoms with Gasteiger partial charge in [-0.05, 0) is 61.2 Å². The molecular formula is C28H30ClN3O2. The molecule has 0 spiro atoms. The summed E-state index contributed by atoms with van der Waals surface area (Å²) < 4.78 is 8.19. The third-order valence-corrected chi connectivity index (χ3v) is 6.25. The Bertz CT molecular complexity index is 1240. The Hall–Kier alpha value is -3.31. The highest BCUT2D eigenvalue weighted by Gasteiger charge is 2.11. The van der Waals surface area contributed by atoms with Crippen LogP contribution in [0, 0.1) is 6.92 Å². The molecule has 4 aromatic rings. The molecule has 1 aromatic heterocycles. The van der Waals surface area contributed by atoms with E-state index in [4.69, 9.17) is 21.3 Å². The van der Waals surface area contributed by atoms with Crippen LogP contribution in [0.4, 0.5) is 0 Å². The van der Waals surface area contributed by atoms with Crippen LogP contribution in [0.15, 0.2) is 72.8 Å². The van der Waals surface area contributed by atoms with E-state index in [-0.39, 0.29) is 5.91 Å². The molecule has 0 unspecified atom stereocenters. The van der Waals surface area contributed by atoms with Crippen molar-refractivity contribution in [2.75, 3.05) is 13.2 Å². The van der Waals surface area contributed by atoms with Crippen molar-refractivity contribution in [1.82, 2.24) is 14.9 Å². The standard InChI is InChI=1S/C28H30ClN3O2/c1-21-20-23(14-15-24(21)29)34-19-18-32-26-11-6-5-10-25(26)31-27(32)12-7-17-30-28(33)16-13-22-8-3-2-4-9-22/h2-6,8-11,14-15,20H,7,12-13,16-19H2,1H3,(H,30,33). The zero-order valence-electron chi connectivity index (χ0n) is 19.5. The lowest BCUT2D eigenvalue weighted by Crippen LogP contribution is -2.25. The first-order chi connectivity index (χ1) is 16.6. The van der Waals surface area contributed by atoms with E-state index in [1.807, 2.05) is 61.5 Å². The highest BCUT2D eigenvalue weighted by atomic mass is 35.5. The maximum absolute atomic E-state index is 12.2. The summed E-state index contributed by atoms with van der Waals surface area (Å²) in [6.45, 7) is 3.83. The number of benzene rings is 3. The van der Waals surface area contributed by atoms with Crippen LogP contribution in [-0.2, 0) is 24.2 Å². The fourth-order valence-corrected chi connectivity index (χ4v) is 4.11. The van der Waals surface area contributed by atoms with Crippen molar-refractivity contribution in [3.8, 4) is 5.75 Å². The summed E-state index contributed by atoms with van der Waals surface area (Å²) in [6.07, 6.45) is 2.88. The molecule has 0 saturated heterocycles. The largest absolute Gasteiger partial charge is 0.492 e. The summed E-state index contributed by atoms with van der Waals surface area (Å²) in [4.78, 5) is 17.0. The van der Waals surface area contributed by atoms with Crippen molar-refractivity contribution in [2.45, 2.75) is 39.2 Å². The van der Waals surface area contributed by atoms with E-state index >= 15 is 0 Å². The second kappa shape index (κ2) is 11.7. The number of hydrogen-bond donors (Lipinski definition) is 1. The van der Waals surface area contributed by atoms with E-state index in [0.29, 0.717) is 26.1 Å². The smallest absolute Gasteiger partial charge is 0.220 e. The summed E-state index contributed by atoms with van der Waals surface area (Å²) in [7, 11) is 0. The molecule has 4 rings (SSSR count). The van der Waals surface area contributed by atoms with Gasteiger partial charge in [-0.2, -0.15) is 0 Å². The molecule has 1 heterocycles. The van der Waals surface area contributed by atoms with Crippen molar-refractivity contribution < 1.29 is 9.53 Å². The van der Waals surface area contributed by atoms with E-state index in [1.165, 1.54) is 5.56 Å². The minimum absolute atomic E-state index is 0.0870. The van der Waals surface area contributed by atoms with E-state index in [1.54, 1.807) is 0 Å². The Morgan fingerprint density at radius 3 is 2.65 bits per heavy atom. The Morgan fingerprint density at radius 1 is 1.03 bits per heavy atom. The predicted octanol–water partition coefficient (Wildman–Crippen LogP) is 5.76. The van der Waals surface area contributed by atoms with E-state index in [9.17, 15) is 4.79 Å². The molecule has 0 radical (unpaired) electrons. The van der Waals surface area contributed by atoms with Crippen LogP contribution in [-0.4, -0.2) is 28.6 Å². The second-order valence-electron chi connectivity index (χ2n) is 8.37. The number of nitrogens with one attached hydrogen (secondary N) is 1. The molecule has 0 saturated carbocycles. The van der Waals surface area contributed by atoms with Crippen molar-refractivity contribution in [1.29, 1.82) is 0 Å². The summed E-state index contributed by atoms with van der Waals surface area (Å²) in [5.41, 5.74) is 4.26. The summed E-state index contributed by atoms with van der Waals surface area (Å²) in [5, 5.41) is 3.78. The van der Waals surface area contributed by atoms with Gasteiger partial charge in [0.05, 0.1) is 17.6 Å². The number of halogens is 1. The number of aromatic nitrogens is 2. The lowest BCUT2D eigenvalue weighted by molar-refractivity contribution is -0.121. The van der Waals surface area contributed by atoms with Gasteiger partial charge in [0, 0.05) is 24.4 Å². The van der Waals surface area contributed by atoms with Gasteiger partial charge in [0.2, 0.25) is 5.91 Å². The second-order valence-corrected chi connectivity index (χ2v) is 8.77. The highest BCUT2D eigenvalue weighted by molar-refractivity contribution is 6.31. The molecule has 5 nitrogen and oxygen atoms in total. The summed E-state index contributed by atoms with van der Waals surface area (Å²) >= 11 is 6.11. The average Bonchev–Trinajstić information content (AvgIpc) is 3.21. The fourth-order valence-electron chi connectivity index (χ4n) is 3.99. The molecule has 1 amide bonds. The maximum atomic E-state index is 12.2. The van der Waals surface area contributed by atoms with Crippen molar-refractivity contribution >= 4 is 28.5 Å². The third-order valence-electron chi connectivity index (χ3n) is 5.83. The van der Waals surface area contributed by atoms with Gasteiger partial charge in [0.25, 0.3) is 0 Å². The number of para-hydroxylation sites is 2. The van der Waals surface area contributed by atoms with Crippen molar-refractivity contribution in [2.24, 2.45) is 0 Å². The molecule has 3 aromatic carbocycles. The van der Waals surface area contributed by atoms with Gasteiger partial charge >= 0.3 is 0 Å². The Balaban J connectivity index is 1.29. The number of rotatable bonds is 11. The molecule has 34 heavy (non-hydrogen) atoms. The summed E-state index contributed by atoms with van der Waals surface area (Å²) in [5.74, 6) is 1.91. The van der Waals surface area contributed by atoms with Gasteiger partial charge in [-0.1, -0.05) is 54.1 Å². The van der Waals surface area contributed by atoms with Crippen LogP contribution in [0.5, 0.6) is 5.75 Å². The van der Waals surface area contributed by atoms with Crippen molar-refractivity contribution in [3.63, 3.8) is 0 Å². The number of fused-ring (bicyclic) bond motifs is 1. The minimum atomic E-state index is 0.0870. The number of imidazole rings is 1. The zero-order valence-corrected chi connectivity index (χ0v) is 20.2. The molecule has 0 fully saturated rings. The van der Waals surface area contributed by atoms with Gasteiger partial charge in [0.15, 0.2) is 0 Å². The van der Waals surface area contributed by atoms with Crippen LogP contribution < -0.4 is 10.1 Å². The van der Waals surface area contributed by atoms with Crippen LogP contribution in [0.25, 0.3) is 11.0 Å². The normalized spacial score (nSPS) is 11.0. The predicted molar refractivity (Wildman–Crippen MR) is 138 cm³/mol. The maximum Gasteiger partial charge on any atom is 0.220 e. The van der Waals surface area contributed by atoms with Gasteiger partial charge in [0.1, 0.15) is 18.2 Å². The van der Waals surface area contributed by atoms with Crippen LogP contribution in [0.3, 0.4) is 0 Å². The number of carbonyl (C=O) groups is 1. The van der Waals surface area contributed by atoms with Gasteiger partial charge in [-0.25, -0.2) is 4.98 Å². The molecule has 6 heteroatoms. The number of nitrogens with zero attached hydrogens (tertiary/aromatic N) is 2. The lowest BCUT2D eigenvalue weighted by atomic mass is 10.1. The molecule has 0 aliphatic rings. The first-order valence-electron chi connectivity index (χ1n) is 11.7. The number of carbonyl (C=O) groups excluding carboxylic acids is 1. The minimum Gasteiger partial charge on any atom is -0.492 e. The van der Waals surface area contributed by atoms with E-state index in [2.05, 4.69) is 28.1 Å². The fraction of sp³-hybridized carbons (Fsp3) is 0.286. The third kappa shape index (κ3) is 6.39. The SMILES string of the molecule is Cc1cc(OCCn2c(CCCNC(=O)CCc3ccccc3)nc3ccccc32)ccc1Cl. The molecule has 1 N–H and O–H groups in total. The number of hydrogen-bond acceptors (Lipinski definition) is 3. The molecule has 0 atom stereocenters.